The predicted molar refractivity (Wildman–Crippen MR) is 156 cm³/mol. The second-order valence-corrected chi connectivity index (χ2v) is 10.5. The number of carbonyl (C=O) groups is 4. The zero-order chi connectivity index (χ0) is 29.0. The van der Waals surface area contributed by atoms with Gasteiger partial charge in [-0.3, -0.25) is 19.2 Å². The lowest BCUT2D eigenvalue weighted by Gasteiger charge is -2.18. The molecule has 0 bridgehead atoms. The van der Waals surface area contributed by atoms with Gasteiger partial charge in [0.1, 0.15) is 11.8 Å². The first-order valence-electron chi connectivity index (χ1n) is 15.5. The molecule has 0 aliphatic heterocycles. The van der Waals surface area contributed by atoms with E-state index in [9.17, 15) is 19.2 Å². The Balaban J connectivity index is 3.81. The molecule has 0 aliphatic rings. The number of hydrogen-bond acceptors (Lipinski definition) is 5. The van der Waals surface area contributed by atoms with Crippen molar-refractivity contribution >= 4 is 23.6 Å². The third kappa shape index (κ3) is 25.8. The van der Waals surface area contributed by atoms with E-state index in [-0.39, 0.29) is 31.8 Å². The number of rotatable bonds is 28. The van der Waals surface area contributed by atoms with Crippen molar-refractivity contribution in [1.29, 1.82) is 0 Å². The van der Waals surface area contributed by atoms with Crippen molar-refractivity contribution in [1.82, 2.24) is 10.6 Å². The van der Waals surface area contributed by atoms with Crippen LogP contribution >= 0.6 is 0 Å². The van der Waals surface area contributed by atoms with E-state index in [1.807, 2.05) is 0 Å². The molecule has 2 amide bonds. The molecule has 4 N–H and O–H groups in total. The molecule has 0 aromatic carbocycles. The number of carboxylic acids is 1. The summed E-state index contributed by atoms with van der Waals surface area (Å²) in [4.78, 5) is 47.0. The second kappa shape index (κ2) is 27.4. The molecule has 0 radical (unpaired) electrons. The Bertz CT molecular complexity index is 680. The standard InChI is InChI=1S/C31H56N2O6/c1-2-3-4-5-6-7-8-9-10-11-12-13-14-15-17-20-27(35)21-18-16-19-22-28(31(39)32-25-26-34)33-29(36)23-24-30(37)38/h9-10,28,34H,2-8,11-26H2,1H3,(H,32,39)(H,33,36)(H,37,38)/b10-9-. The fraction of sp³-hybridized carbons (Fsp3) is 0.806. The van der Waals surface area contributed by atoms with E-state index in [2.05, 4.69) is 29.7 Å². The van der Waals surface area contributed by atoms with Gasteiger partial charge < -0.3 is 20.8 Å². The lowest BCUT2D eigenvalue weighted by molar-refractivity contribution is -0.139. The quantitative estimate of drug-likeness (QED) is 0.0695. The summed E-state index contributed by atoms with van der Waals surface area (Å²) < 4.78 is 0. The van der Waals surface area contributed by atoms with Crippen LogP contribution in [0.5, 0.6) is 0 Å². The molecule has 8 nitrogen and oxygen atoms in total. The molecule has 0 aromatic heterocycles. The molecule has 226 valence electrons. The van der Waals surface area contributed by atoms with Gasteiger partial charge in [0.15, 0.2) is 0 Å². The van der Waals surface area contributed by atoms with Gasteiger partial charge in [-0.15, -0.1) is 0 Å². The maximum absolute atomic E-state index is 12.3. The summed E-state index contributed by atoms with van der Waals surface area (Å²) in [5.74, 6) is -1.67. The van der Waals surface area contributed by atoms with Crippen LogP contribution in [0.1, 0.15) is 142 Å². The van der Waals surface area contributed by atoms with Gasteiger partial charge in [0.2, 0.25) is 11.8 Å². The molecule has 0 heterocycles. The van der Waals surface area contributed by atoms with Crippen molar-refractivity contribution in [3.8, 4) is 0 Å². The van der Waals surface area contributed by atoms with Crippen LogP contribution in [0.25, 0.3) is 0 Å². The predicted octanol–water partition coefficient (Wildman–Crippen LogP) is 6.00. The van der Waals surface area contributed by atoms with Gasteiger partial charge in [-0.25, -0.2) is 0 Å². The number of aliphatic carboxylic acids is 1. The topological polar surface area (TPSA) is 133 Å². The molecule has 0 rings (SSSR count). The van der Waals surface area contributed by atoms with Gasteiger partial charge in [-0.1, -0.05) is 83.3 Å². The maximum atomic E-state index is 12.3. The molecule has 0 fully saturated rings. The van der Waals surface area contributed by atoms with Crippen LogP contribution in [0.3, 0.4) is 0 Å². The normalized spacial score (nSPS) is 11.9. The third-order valence-electron chi connectivity index (χ3n) is 6.79. The van der Waals surface area contributed by atoms with Crippen LogP contribution in [-0.4, -0.2) is 53.0 Å². The fourth-order valence-electron chi connectivity index (χ4n) is 4.42. The summed E-state index contributed by atoms with van der Waals surface area (Å²) in [6, 6.07) is -0.774. The maximum Gasteiger partial charge on any atom is 0.303 e. The highest BCUT2D eigenvalue weighted by Crippen LogP contribution is 2.12. The van der Waals surface area contributed by atoms with E-state index in [0.717, 1.165) is 32.1 Å². The van der Waals surface area contributed by atoms with Crippen LogP contribution in [0.2, 0.25) is 0 Å². The summed E-state index contributed by atoms with van der Waals surface area (Å²) in [5.41, 5.74) is 0. The van der Waals surface area contributed by atoms with E-state index in [0.29, 0.717) is 25.7 Å². The van der Waals surface area contributed by atoms with Crippen molar-refractivity contribution in [2.75, 3.05) is 13.2 Å². The monoisotopic (exact) mass is 552 g/mol. The van der Waals surface area contributed by atoms with Gasteiger partial charge in [-0.05, 0) is 44.9 Å². The van der Waals surface area contributed by atoms with E-state index >= 15 is 0 Å². The van der Waals surface area contributed by atoms with Crippen LogP contribution in [0.15, 0.2) is 12.2 Å². The Labute approximate surface area is 236 Å². The zero-order valence-electron chi connectivity index (χ0n) is 24.5. The Hall–Kier alpha value is -2.22. The minimum atomic E-state index is -1.07. The summed E-state index contributed by atoms with van der Waals surface area (Å²) in [5, 5.41) is 22.8. The minimum Gasteiger partial charge on any atom is -0.481 e. The number of unbranched alkanes of at least 4 members (excludes halogenated alkanes) is 13. The number of carboxylic acid groups (broad SMARTS) is 1. The number of aliphatic hydroxyl groups is 1. The average molecular weight is 553 g/mol. The summed E-state index contributed by atoms with van der Waals surface area (Å²) in [7, 11) is 0. The van der Waals surface area contributed by atoms with Gasteiger partial charge in [-0.2, -0.15) is 0 Å². The van der Waals surface area contributed by atoms with Gasteiger partial charge in [0, 0.05) is 25.8 Å². The number of amides is 2. The molecule has 1 unspecified atom stereocenters. The molecule has 0 aliphatic carbocycles. The minimum absolute atomic E-state index is 0.0885. The highest BCUT2D eigenvalue weighted by molar-refractivity contribution is 5.88. The number of ketones is 1. The van der Waals surface area contributed by atoms with E-state index in [1.165, 1.54) is 64.2 Å². The van der Waals surface area contributed by atoms with E-state index in [1.54, 1.807) is 0 Å². The first-order chi connectivity index (χ1) is 18.9. The Morgan fingerprint density at radius 3 is 1.79 bits per heavy atom. The van der Waals surface area contributed by atoms with Gasteiger partial charge in [0.05, 0.1) is 13.0 Å². The molecule has 0 saturated carbocycles. The molecule has 39 heavy (non-hydrogen) atoms. The number of Topliss-reactive ketones (excluding diaryl/α,β-unsaturated/α-hetero) is 1. The van der Waals surface area contributed by atoms with Crippen LogP contribution in [-0.2, 0) is 19.2 Å². The average Bonchev–Trinajstić information content (AvgIpc) is 2.91. The van der Waals surface area contributed by atoms with Crippen molar-refractivity contribution in [2.45, 2.75) is 148 Å². The number of aliphatic hydroxyl groups excluding tert-OH is 1. The molecule has 0 aromatic rings. The molecule has 8 heteroatoms. The van der Waals surface area contributed by atoms with Crippen LogP contribution in [0, 0.1) is 0 Å². The van der Waals surface area contributed by atoms with Gasteiger partial charge >= 0.3 is 5.97 Å². The Morgan fingerprint density at radius 2 is 1.23 bits per heavy atom. The first kappa shape index (κ1) is 36.8. The lowest BCUT2D eigenvalue weighted by atomic mass is 10.0. The van der Waals surface area contributed by atoms with Crippen molar-refractivity contribution in [3.05, 3.63) is 12.2 Å². The fourth-order valence-corrected chi connectivity index (χ4v) is 4.42. The number of allylic oxidation sites excluding steroid dienone is 2. The van der Waals surface area contributed by atoms with Crippen molar-refractivity contribution in [3.63, 3.8) is 0 Å². The van der Waals surface area contributed by atoms with Gasteiger partial charge in [0.25, 0.3) is 0 Å². The smallest absolute Gasteiger partial charge is 0.303 e. The first-order valence-corrected chi connectivity index (χ1v) is 15.5. The van der Waals surface area contributed by atoms with Crippen molar-refractivity contribution < 1.29 is 29.4 Å². The highest BCUT2D eigenvalue weighted by Gasteiger charge is 2.20. The van der Waals surface area contributed by atoms with E-state index < -0.39 is 23.8 Å². The SMILES string of the molecule is CCCCCCCC/C=C\CCCCCCCC(=O)CCCCCC(NC(=O)CCC(=O)O)C(=O)NCCO. The Morgan fingerprint density at radius 1 is 0.692 bits per heavy atom. The van der Waals surface area contributed by atoms with Crippen LogP contribution in [0.4, 0.5) is 0 Å². The van der Waals surface area contributed by atoms with Crippen LogP contribution < -0.4 is 10.6 Å². The zero-order valence-corrected chi connectivity index (χ0v) is 24.5. The Kier molecular flexibility index (Phi) is 25.8. The summed E-state index contributed by atoms with van der Waals surface area (Å²) in [6.45, 7) is 2.13. The molecule has 0 saturated heterocycles. The second-order valence-electron chi connectivity index (χ2n) is 10.5. The summed E-state index contributed by atoms with van der Waals surface area (Å²) in [6.07, 6.45) is 24.0. The molecular weight excluding hydrogens is 496 g/mol. The van der Waals surface area contributed by atoms with Crippen molar-refractivity contribution in [2.24, 2.45) is 0 Å². The van der Waals surface area contributed by atoms with E-state index in [4.69, 9.17) is 10.2 Å². The number of carbonyl (C=O) groups excluding carboxylic acids is 3. The lowest BCUT2D eigenvalue weighted by Crippen LogP contribution is -2.47. The number of nitrogens with one attached hydrogen (secondary N) is 2. The molecule has 0 spiro atoms. The molecular formula is C31H56N2O6. The third-order valence-corrected chi connectivity index (χ3v) is 6.79. The highest BCUT2D eigenvalue weighted by atomic mass is 16.4. The number of hydrogen-bond donors (Lipinski definition) is 4. The largest absolute Gasteiger partial charge is 0.481 e. The molecule has 1 atom stereocenters. The summed E-state index contributed by atoms with van der Waals surface area (Å²) >= 11 is 0.